The molecule has 5 rings (SSSR count). The van der Waals surface area contributed by atoms with E-state index in [9.17, 15) is 19.2 Å². The van der Waals surface area contributed by atoms with Gasteiger partial charge in [0.1, 0.15) is 12.2 Å². The molecule has 1 aliphatic carbocycles. The SMILES string of the molecule is CCC(=O)[C@@H]1C[C@]23CNC(=O)[C@@H](C)CCCCCc4cc(C)cc5c(C(C)=O)nn(c45)CC(=O)N1[C@@H]2C3. The predicted molar refractivity (Wildman–Crippen MR) is 140 cm³/mol. The molecule has 37 heavy (non-hydrogen) atoms. The maximum Gasteiger partial charge on any atom is 0.245 e. The number of carbonyl (C=O) groups excluding carboxylic acids is 4. The second kappa shape index (κ2) is 9.69. The lowest BCUT2D eigenvalue weighted by atomic mass is 9.95. The van der Waals surface area contributed by atoms with Crippen molar-refractivity contribution >= 4 is 34.3 Å². The van der Waals surface area contributed by atoms with Crippen molar-refractivity contribution in [3.63, 3.8) is 0 Å². The molecule has 1 saturated heterocycles. The number of benzene rings is 1. The fourth-order valence-corrected chi connectivity index (χ4v) is 6.60. The second-order valence-electron chi connectivity index (χ2n) is 11.5. The Balaban J connectivity index is 1.56. The number of nitrogens with zero attached hydrogens (tertiary/aromatic N) is 3. The minimum absolute atomic E-state index is 0.0106. The topological polar surface area (TPSA) is 101 Å². The van der Waals surface area contributed by atoms with Crippen molar-refractivity contribution < 1.29 is 19.2 Å². The largest absolute Gasteiger partial charge is 0.355 e. The molecule has 2 amide bonds. The van der Waals surface area contributed by atoms with E-state index in [-0.39, 0.29) is 47.3 Å². The minimum Gasteiger partial charge on any atom is -0.355 e. The summed E-state index contributed by atoms with van der Waals surface area (Å²) in [5, 5.41) is 8.57. The molecule has 4 atom stereocenters. The minimum atomic E-state index is -0.472. The van der Waals surface area contributed by atoms with Gasteiger partial charge in [0.05, 0.1) is 11.6 Å². The Bertz CT molecular complexity index is 1280. The monoisotopic (exact) mass is 506 g/mol. The number of ketones is 2. The zero-order valence-electron chi connectivity index (χ0n) is 22.4. The Kier molecular flexibility index (Phi) is 6.71. The molecule has 8 nitrogen and oxygen atoms in total. The van der Waals surface area contributed by atoms with Crippen LogP contribution in [0.15, 0.2) is 12.1 Å². The van der Waals surface area contributed by atoms with E-state index in [4.69, 9.17) is 0 Å². The lowest BCUT2D eigenvalue weighted by Gasteiger charge is -2.26. The van der Waals surface area contributed by atoms with Crippen LogP contribution in [-0.2, 0) is 27.3 Å². The van der Waals surface area contributed by atoms with Crippen LogP contribution in [0.1, 0.15) is 87.3 Å². The van der Waals surface area contributed by atoms with Crippen molar-refractivity contribution in [2.45, 2.75) is 97.7 Å². The molecule has 8 heteroatoms. The number of aromatic nitrogens is 2. The number of piperidine rings is 1. The van der Waals surface area contributed by atoms with Gasteiger partial charge in [-0.2, -0.15) is 5.10 Å². The highest BCUT2D eigenvalue weighted by Crippen LogP contribution is 2.59. The fraction of sp³-hybridized carbons (Fsp3) is 0.621. The van der Waals surface area contributed by atoms with E-state index in [1.807, 2.05) is 26.8 Å². The van der Waals surface area contributed by atoms with Gasteiger partial charge in [0.25, 0.3) is 0 Å². The quantitative estimate of drug-likeness (QED) is 0.639. The maximum atomic E-state index is 13.8. The Hall–Kier alpha value is -3.03. The van der Waals surface area contributed by atoms with Crippen LogP contribution in [0.25, 0.3) is 10.9 Å². The molecular weight excluding hydrogens is 468 g/mol. The van der Waals surface area contributed by atoms with E-state index in [2.05, 4.69) is 16.5 Å². The van der Waals surface area contributed by atoms with Crippen LogP contribution in [-0.4, -0.2) is 56.7 Å². The summed E-state index contributed by atoms with van der Waals surface area (Å²) < 4.78 is 1.70. The van der Waals surface area contributed by atoms with Crippen LogP contribution < -0.4 is 5.32 Å². The third-order valence-corrected chi connectivity index (χ3v) is 8.76. The number of nitrogens with one attached hydrogen (secondary N) is 1. The molecule has 2 aromatic rings. The van der Waals surface area contributed by atoms with Gasteiger partial charge in [-0.05, 0) is 50.7 Å². The molecule has 1 saturated carbocycles. The highest BCUT2D eigenvalue weighted by Gasteiger charge is 2.66. The highest BCUT2D eigenvalue weighted by atomic mass is 16.2. The van der Waals surface area contributed by atoms with Crippen LogP contribution in [0.3, 0.4) is 0 Å². The second-order valence-corrected chi connectivity index (χ2v) is 11.5. The number of Topliss-reactive ketones (excluding diaryl/α,β-unsaturated/α-hetero) is 2. The molecular formula is C29H38N4O4. The van der Waals surface area contributed by atoms with Crippen molar-refractivity contribution in [2.24, 2.45) is 11.3 Å². The van der Waals surface area contributed by atoms with Gasteiger partial charge in [0.2, 0.25) is 11.8 Å². The number of rotatable bonds is 3. The molecule has 0 unspecified atom stereocenters. The fourth-order valence-electron chi connectivity index (χ4n) is 6.60. The lowest BCUT2D eigenvalue weighted by molar-refractivity contribution is -0.139. The standard InChI is InChI=1S/C29H38N4O4/c1-5-23(35)22-13-29-14-24(29)33(22)25(36)15-32-27-20(10-8-6-7-9-18(3)28(37)30-16-29)11-17(2)12-21(27)26(31-32)19(4)34/h11-12,18,22,24H,5-10,13-16H2,1-4H3,(H,30,37)/t18-,22-,24+,29-/m0/s1. The highest BCUT2D eigenvalue weighted by molar-refractivity contribution is 6.06. The van der Waals surface area contributed by atoms with Gasteiger partial charge in [-0.1, -0.05) is 38.3 Å². The summed E-state index contributed by atoms with van der Waals surface area (Å²) in [5.74, 6) is -0.223. The Morgan fingerprint density at radius 2 is 1.95 bits per heavy atom. The van der Waals surface area contributed by atoms with Gasteiger partial charge in [0, 0.05) is 42.7 Å². The van der Waals surface area contributed by atoms with E-state index in [1.54, 1.807) is 9.58 Å². The lowest BCUT2D eigenvalue weighted by Crippen LogP contribution is -2.44. The molecule has 3 aliphatic rings. The molecule has 3 heterocycles. The summed E-state index contributed by atoms with van der Waals surface area (Å²) in [4.78, 5) is 53.8. The van der Waals surface area contributed by atoms with E-state index < -0.39 is 6.04 Å². The van der Waals surface area contributed by atoms with Gasteiger partial charge in [0.15, 0.2) is 11.6 Å². The zero-order chi connectivity index (χ0) is 26.5. The summed E-state index contributed by atoms with van der Waals surface area (Å²) in [6.07, 6.45) is 6.31. The van der Waals surface area contributed by atoms with Gasteiger partial charge < -0.3 is 10.2 Å². The Morgan fingerprint density at radius 1 is 1.16 bits per heavy atom. The molecule has 0 radical (unpaired) electrons. The molecule has 2 aliphatic heterocycles. The number of hydrogen-bond donors (Lipinski definition) is 1. The first-order chi connectivity index (χ1) is 17.6. The summed E-state index contributed by atoms with van der Waals surface area (Å²) in [5.41, 5.74) is 3.15. The van der Waals surface area contributed by atoms with Gasteiger partial charge in [-0.3, -0.25) is 23.9 Å². The van der Waals surface area contributed by atoms with E-state index in [0.29, 0.717) is 25.1 Å². The zero-order valence-corrected chi connectivity index (χ0v) is 22.4. The van der Waals surface area contributed by atoms with Crippen molar-refractivity contribution in [1.82, 2.24) is 20.0 Å². The van der Waals surface area contributed by atoms with Crippen molar-refractivity contribution in [1.29, 1.82) is 0 Å². The normalized spacial score (nSPS) is 28.5. The number of amides is 2. The molecule has 1 N–H and O–H groups in total. The number of carbonyl (C=O) groups is 4. The summed E-state index contributed by atoms with van der Waals surface area (Å²) in [7, 11) is 0. The van der Waals surface area contributed by atoms with Crippen LogP contribution in [0.2, 0.25) is 0 Å². The van der Waals surface area contributed by atoms with Gasteiger partial charge >= 0.3 is 0 Å². The first-order valence-corrected chi connectivity index (χ1v) is 13.8. The van der Waals surface area contributed by atoms with Crippen molar-refractivity contribution in [3.05, 3.63) is 29.0 Å². The maximum absolute atomic E-state index is 13.8. The van der Waals surface area contributed by atoms with Crippen LogP contribution in [0.4, 0.5) is 0 Å². The summed E-state index contributed by atoms with van der Waals surface area (Å²) >= 11 is 0. The average molecular weight is 507 g/mol. The Morgan fingerprint density at radius 3 is 2.68 bits per heavy atom. The first kappa shape index (κ1) is 25.6. The van der Waals surface area contributed by atoms with Crippen LogP contribution in [0.5, 0.6) is 0 Å². The van der Waals surface area contributed by atoms with Crippen LogP contribution in [0, 0.1) is 18.3 Å². The number of hydrogen-bond acceptors (Lipinski definition) is 5. The van der Waals surface area contributed by atoms with Crippen LogP contribution >= 0.6 is 0 Å². The van der Waals surface area contributed by atoms with Gasteiger partial charge in [-0.25, -0.2) is 0 Å². The molecule has 0 spiro atoms. The van der Waals surface area contributed by atoms with E-state index >= 15 is 0 Å². The summed E-state index contributed by atoms with van der Waals surface area (Å²) in [6, 6.07) is 3.59. The third-order valence-electron chi connectivity index (χ3n) is 8.76. The predicted octanol–water partition coefficient (Wildman–Crippen LogP) is 3.75. The summed E-state index contributed by atoms with van der Waals surface area (Å²) in [6.45, 7) is 7.83. The number of aryl methyl sites for hydroxylation is 2. The molecule has 198 valence electrons. The smallest absolute Gasteiger partial charge is 0.245 e. The first-order valence-electron chi connectivity index (χ1n) is 13.8. The van der Waals surface area contributed by atoms with E-state index in [1.165, 1.54) is 6.92 Å². The molecule has 1 aromatic heterocycles. The molecule has 1 aromatic carbocycles. The third kappa shape index (κ3) is 4.59. The van der Waals surface area contributed by atoms with Crippen molar-refractivity contribution in [3.8, 4) is 0 Å². The van der Waals surface area contributed by atoms with Crippen molar-refractivity contribution in [2.75, 3.05) is 6.54 Å². The van der Waals surface area contributed by atoms with Gasteiger partial charge in [-0.15, -0.1) is 0 Å². The molecule has 2 bridgehead atoms. The average Bonchev–Trinajstić information content (AvgIpc) is 3.27. The molecule has 2 fully saturated rings. The Labute approximate surface area is 218 Å². The van der Waals surface area contributed by atoms with E-state index in [0.717, 1.165) is 60.6 Å².